The van der Waals surface area contributed by atoms with Gasteiger partial charge in [0.15, 0.2) is 12.0 Å². The van der Waals surface area contributed by atoms with Gasteiger partial charge in [0, 0.05) is 13.0 Å². The van der Waals surface area contributed by atoms with Gasteiger partial charge in [-0.15, -0.1) is 0 Å². The summed E-state index contributed by atoms with van der Waals surface area (Å²) in [6.07, 6.45) is -1.17. The zero-order chi connectivity index (χ0) is 25.7. The Labute approximate surface area is 190 Å². The van der Waals surface area contributed by atoms with Crippen LogP contribution in [-0.2, 0) is 24.0 Å². The van der Waals surface area contributed by atoms with Crippen LogP contribution in [0.2, 0.25) is 0 Å². The van der Waals surface area contributed by atoms with E-state index in [1.807, 2.05) is 0 Å². The number of aliphatic imine (C=N–C) groups is 1. The number of carbonyl (C=O) groups is 5. The third kappa shape index (κ3) is 12.2. The maximum Gasteiger partial charge on any atom is 0.328 e. The van der Waals surface area contributed by atoms with Gasteiger partial charge in [-0.2, -0.15) is 0 Å². The van der Waals surface area contributed by atoms with Gasteiger partial charge in [0.25, 0.3) is 0 Å². The number of nitrogens with one attached hydrogen (secondary N) is 3. The van der Waals surface area contributed by atoms with Crippen molar-refractivity contribution in [3.63, 3.8) is 0 Å². The Morgan fingerprint density at radius 2 is 1.52 bits per heavy atom. The van der Waals surface area contributed by atoms with Gasteiger partial charge >= 0.3 is 5.97 Å². The molecule has 33 heavy (non-hydrogen) atoms. The summed E-state index contributed by atoms with van der Waals surface area (Å²) in [6.45, 7) is 2.71. The number of guanidine groups is 1. The molecule has 0 radical (unpaired) electrons. The van der Waals surface area contributed by atoms with Crippen molar-refractivity contribution in [1.82, 2.24) is 16.0 Å². The molecule has 0 saturated heterocycles. The lowest BCUT2D eigenvalue weighted by atomic mass is 10.1. The summed E-state index contributed by atoms with van der Waals surface area (Å²) in [5.74, 6) is -4.65. The zero-order valence-corrected chi connectivity index (χ0v) is 18.6. The molecule has 15 heteroatoms. The number of carbonyl (C=O) groups excluding carboxylic acids is 4. The van der Waals surface area contributed by atoms with Crippen molar-refractivity contribution in [2.75, 3.05) is 6.54 Å². The number of nitrogens with zero attached hydrogens (tertiary/aromatic N) is 1. The molecule has 0 aliphatic rings. The number of nitrogens with two attached hydrogens (primary N) is 4. The van der Waals surface area contributed by atoms with Crippen LogP contribution in [-0.4, -0.2) is 82.6 Å². The Kier molecular flexibility index (Phi) is 13.0. The van der Waals surface area contributed by atoms with Crippen molar-refractivity contribution < 1.29 is 34.2 Å². The van der Waals surface area contributed by atoms with Gasteiger partial charge in [0.05, 0.1) is 12.1 Å². The molecule has 0 aliphatic heterocycles. The topological polar surface area (TPSA) is 278 Å². The SMILES string of the molecule is CC(NC(=O)C(CCC(N)=O)NC(=O)C(N)CCCN=C(N)N)C(=O)NC(C(=O)O)C(C)O. The van der Waals surface area contributed by atoms with E-state index in [0.29, 0.717) is 6.42 Å². The predicted molar refractivity (Wildman–Crippen MR) is 117 cm³/mol. The molecule has 4 amide bonds. The number of hydrogen-bond acceptors (Lipinski definition) is 8. The van der Waals surface area contributed by atoms with E-state index in [2.05, 4.69) is 20.9 Å². The third-order valence-corrected chi connectivity index (χ3v) is 4.42. The lowest BCUT2D eigenvalue weighted by Gasteiger charge is -2.24. The first-order chi connectivity index (χ1) is 15.3. The number of hydrogen-bond donors (Lipinski definition) is 9. The molecule has 0 saturated carbocycles. The Hall–Kier alpha value is -3.46. The minimum atomic E-state index is -1.58. The number of rotatable bonds is 15. The Morgan fingerprint density at radius 1 is 0.909 bits per heavy atom. The summed E-state index contributed by atoms with van der Waals surface area (Å²) in [5, 5.41) is 25.3. The fraction of sp³-hybridized carbons (Fsp3) is 0.667. The maximum absolute atomic E-state index is 12.6. The first-order valence-electron chi connectivity index (χ1n) is 10.2. The lowest BCUT2D eigenvalue weighted by Crippen LogP contribution is -2.57. The standard InChI is InChI=1S/C18H34N8O7/c1-8(14(29)26-13(9(2)27)17(32)33)24-16(31)11(5-6-12(20)28)25-15(30)10(19)4-3-7-23-18(21)22/h8-11,13,27H,3-7,19H2,1-2H3,(H2,20,28)(H,24,31)(H,25,30)(H,26,29)(H,32,33)(H4,21,22,23). The zero-order valence-electron chi connectivity index (χ0n) is 18.6. The van der Waals surface area contributed by atoms with E-state index >= 15 is 0 Å². The Balaban J connectivity index is 5.07. The number of primary amides is 1. The van der Waals surface area contributed by atoms with Crippen LogP contribution >= 0.6 is 0 Å². The van der Waals surface area contributed by atoms with Crippen LogP contribution < -0.4 is 38.9 Å². The van der Waals surface area contributed by atoms with Gasteiger partial charge in [0.2, 0.25) is 23.6 Å². The van der Waals surface area contributed by atoms with Gasteiger partial charge in [-0.05, 0) is 33.1 Å². The van der Waals surface area contributed by atoms with Crippen molar-refractivity contribution in [3.05, 3.63) is 0 Å². The quantitative estimate of drug-likeness (QED) is 0.0623. The fourth-order valence-electron chi connectivity index (χ4n) is 2.53. The van der Waals surface area contributed by atoms with Crippen molar-refractivity contribution in [2.45, 2.75) is 69.8 Å². The largest absolute Gasteiger partial charge is 0.480 e. The highest BCUT2D eigenvalue weighted by Gasteiger charge is 2.30. The van der Waals surface area contributed by atoms with Crippen molar-refractivity contribution >= 4 is 35.6 Å². The van der Waals surface area contributed by atoms with Crippen LogP contribution in [0.5, 0.6) is 0 Å². The van der Waals surface area contributed by atoms with Crippen LogP contribution in [0, 0.1) is 0 Å². The summed E-state index contributed by atoms with van der Waals surface area (Å²) in [5.41, 5.74) is 21.3. The molecule has 5 atom stereocenters. The van der Waals surface area contributed by atoms with Crippen LogP contribution in [0.25, 0.3) is 0 Å². The average molecular weight is 475 g/mol. The van der Waals surface area contributed by atoms with Gasteiger partial charge in [-0.25, -0.2) is 4.79 Å². The van der Waals surface area contributed by atoms with E-state index in [1.165, 1.54) is 13.8 Å². The van der Waals surface area contributed by atoms with Crippen molar-refractivity contribution in [2.24, 2.45) is 27.9 Å². The van der Waals surface area contributed by atoms with E-state index in [9.17, 15) is 29.1 Å². The monoisotopic (exact) mass is 474 g/mol. The lowest BCUT2D eigenvalue weighted by molar-refractivity contribution is -0.145. The van der Waals surface area contributed by atoms with E-state index < -0.39 is 59.9 Å². The summed E-state index contributed by atoms with van der Waals surface area (Å²) in [7, 11) is 0. The van der Waals surface area contributed by atoms with Crippen LogP contribution in [0.4, 0.5) is 0 Å². The Bertz CT molecular complexity index is 739. The molecule has 0 aromatic rings. The molecule has 15 nitrogen and oxygen atoms in total. The highest BCUT2D eigenvalue weighted by Crippen LogP contribution is 2.02. The molecule has 0 bridgehead atoms. The molecule has 0 rings (SSSR count). The maximum atomic E-state index is 12.6. The van der Waals surface area contributed by atoms with Gasteiger partial charge in [-0.1, -0.05) is 0 Å². The van der Waals surface area contributed by atoms with E-state index in [-0.39, 0.29) is 31.8 Å². The second kappa shape index (κ2) is 14.6. The molecule has 0 aromatic carbocycles. The van der Waals surface area contributed by atoms with Crippen LogP contribution in [0.15, 0.2) is 4.99 Å². The van der Waals surface area contributed by atoms with Crippen molar-refractivity contribution in [3.8, 4) is 0 Å². The third-order valence-electron chi connectivity index (χ3n) is 4.42. The summed E-state index contributed by atoms with van der Waals surface area (Å²) in [6, 6.07) is -5.04. The second-order valence-corrected chi connectivity index (χ2v) is 7.42. The average Bonchev–Trinajstić information content (AvgIpc) is 2.70. The molecular weight excluding hydrogens is 440 g/mol. The molecule has 0 aromatic heterocycles. The number of amides is 4. The minimum Gasteiger partial charge on any atom is -0.480 e. The number of aliphatic hydroxyl groups excluding tert-OH is 1. The second-order valence-electron chi connectivity index (χ2n) is 7.42. The first kappa shape index (κ1) is 29.5. The van der Waals surface area contributed by atoms with Gasteiger partial charge in [-0.3, -0.25) is 24.2 Å². The molecule has 5 unspecified atom stereocenters. The van der Waals surface area contributed by atoms with E-state index in [1.54, 1.807) is 0 Å². The molecule has 0 heterocycles. The molecule has 0 aliphatic carbocycles. The van der Waals surface area contributed by atoms with Crippen molar-refractivity contribution in [1.29, 1.82) is 0 Å². The highest BCUT2D eigenvalue weighted by molar-refractivity contribution is 5.94. The Morgan fingerprint density at radius 3 is 2.00 bits per heavy atom. The minimum absolute atomic E-state index is 0.0995. The van der Waals surface area contributed by atoms with E-state index in [0.717, 1.165) is 0 Å². The molecule has 0 spiro atoms. The summed E-state index contributed by atoms with van der Waals surface area (Å²) in [4.78, 5) is 63.2. The smallest absolute Gasteiger partial charge is 0.328 e. The number of carboxylic acids is 1. The van der Waals surface area contributed by atoms with Crippen LogP contribution in [0.1, 0.15) is 39.5 Å². The molecular formula is C18H34N8O7. The summed E-state index contributed by atoms with van der Waals surface area (Å²) >= 11 is 0. The number of carboxylic acid groups (broad SMARTS) is 1. The van der Waals surface area contributed by atoms with Gasteiger partial charge in [0.1, 0.15) is 12.1 Å². The highest BCUT2D eigenvalue weighted by atomic mass is 16.4. The fourth-order valence-corrected chi connectivity index (χ4v) is 2.53. The first-order valence-corrected chi connectivity index (χ1v) is 10.2. The number of aliphatic carboxylic acids is 1. The van der Waals surface area contributed by atoms with Gasteiger partial charge < -0.3 is 49.1 Å². The normalized spacial score (nSPS) is 15.2. The number of aliphatic hydroxyl groups is 1. The van der Waals surface area contributed by atoms with E-state index in [4.69, 9.17) is 28.0 Å². The predicted octanol–water partition coefficient (Wildman–Crippen LogP) is -4.43. The molecule has 0 fully saturated rings. The molecule has 188 valence electrons. The summed E-state index contributed by atoms with van der Waals surface area (Å²) < 4.78 is 0. The molecule has 13 N–H and O–H groups in total. The van der Waals surface area contributed by atoms with Crippen LogP contribution in [0.3, 0.4) is 0 Å².